The zero-order valence-corrected chi connectivity index (χ0v) is 13.3. The van der Waals surface area contributed by atoms with Crippen molar-refractivity contribution in [3.63, 3.8) is 0 Å². The van der Waals surface area contributed by atoms with Crippen molar-refractivity contribution in [1.82, 2.24) is 15.0 Å². The number of pyridine rings is 1. The molecule has 0 amide bonds. The van der Waals surface area contributed by atoms with Crippen LogP contribution in [0, 0.1) is 0 Å². The van der Waals surface area contributed by atoms with Gasteiger partial charge in [-0.2, -0.15) is 0 Å². The number of fused-ring (bicyclic) bond motifs is 1. The van der Waals surface area contributed by atoms with E-state index in [9.17, 15) is 4.79 Å². The average molecular weight is 326 g/mol. The summed E-state index contributed by atoms with van der Waals surface area (Å²) in [5, 5.41) is 0. The van der Waals surface area contributed by atoms with Crippen LogP contribution >= 0.6 is 0 Å². The highest BCUT2D eigenvalue weighted by molar-refractivity contribution is 6.10. The highest BCUT2D eigenvalue weighted by Crippen LogP contribution is 2.20. The molecule has 0 bridgehead atoms. The number of hydrogen-bond donors (Lipinski definition) is 1. The largest absolute Gasteiger partial charge is 0.399 e. The van der Waals surface area contributed by atoms with Gasteiger partial charge >= 0.3 is 0 Å². The van der Waals surface area contributed by atoms with E-state index in [1.807, 2.05) is 12.1 Å². The second-order valence-corrected chi connectivity index (χ2v) is 5.66. The van der Waals surface area contributed by atoms with E-state index in [2.05, 4.69) is 15.0 Å². The first-order chi connectivity index (χ1) is 12.2. The summed E-state index contributed by atoms with van der Waals surface area (Å²) in [7, 11) is 0. The third kappa shape index (κ3) is 2.95. The minimum absolute atomic E-state index is 0.0946. The minimum Gasteiger partial charge on any atom is -0.399 e. The van der Waals surface area contributed by atoms with E-state index >= 15 is 0 Å². The van der Waals surface area contributed by atoms with Gasteiger partial charge in [0, 0.05) is 34.8 Å². The molecule has 0 spiro atoms. The summed E-state index contributed by atoms with van der Waals surface area (Å²) in [5.74, 6) is -0.0946. The maximum Gasteiger partial charge on any atom is 0.193 e. The fraction of sp³-hybridized carbons (Fsp3) is 0. The Bertz CT molecular complexity index is 1080. The topological polar surface area (TPSA) is 81.8 Å². The quantitative estimate of drug-likeness (QED) is 0.460. The molecule has 0 unspecified atom stereocenters. The standard InChI is InChI=1S/C20H14N4O/c21-16-5-1-3-13(9-16)20(25)14-6-7-17-18(10-14)24-19(12-23-17)15-4-2-8-22-11-15/h1-12H,21H2. The molecule has 25 heavy (non-hydrogen) atoms. The number of carbonyl (C=O) groups excluding carboxylic acids is 1. The predicted octanol–water partition coefficient (Wildman–Crippen LogP) is 3.51. The normalized spacial score (nSPS) is 10.7. The summed E-state index contributed by atoms with van der Waals surface area (Å²) in [6.07, 6.45) is 5.15. The van der Waals surface area contributed by atoms with Gasteiger partial charge in [0.2, 0.25) is 0 Å². The zero-order valence-electron chi connectivity index (χ0n) is 13.3. The molecule has 0 saturated heterocycles. The second-order valence-electron chi connectivity index (χ2n) is 5.66. The van der Waals surface area contributed by atoms with Crippen LogP contribution in [-0.2, 0) is 0 Å². The fourth-order valence-corrected chi connectivity index (χ4v) is 2.65. The van der Waals surface area contributed by atoms with E-state index in [4.69, 9.17) is 5.73 Å². The number of hydrogen-bond acceptors (Lipinski definition) is 5. The van der Waals surface area contributed by atoms with Gasteiger partial charge < -0.3 is 5.73 Å². The highest BCUT2D eigenvalue weighted by Gasteiger charge is 2.11. The molecule has 2 N–H and O–H groups in total. The van der Waals surface area contributed by atoms with Crippen LogP contribution in [0.2, 0.25) is 0 Å². The first-order valence-corrected chi connectivity index (χ1v) is 7.78. The van der Waals surface area contributed by atoms with Crippen LogP contribution in [-0.4, -0.2) is 20.7 Å². The number of carbonyl (C=O) groups is 1. The van der Waals surface area contributed by atoms with Crippen molar-refractivity contribution in [1.29, 1.82) is 0 Å². The van der Waals surface area contributed by atoms with Crippen LogP contribution in [0.4, 0.5) is 5.69 Å². The summed E-state index contributed by atoms with van der Waals surface area (Å²) in [6, 6.07) is 16.0. The second kappa shape index (κ2) is 6.13. The van der Waals surface area contributed by atoms with Crippen molar-refractivity contribution in [3.8, 4) is 11.3 Å². The van der Waals surface area contributed by atoms with E-state index in [0.29, 0.717) is 28.0 Å². The molecule has 0 atom stereocenters. The van der Waals surface area contributed by atoms with Crippen molar-refractivity contribution in [2.24, 2.45) is 0 Å². The summed E-state index contributed by atoms with van der Waals surface area (Å²) in [4.78, 5) is 25.8. The van der Waals surface area contributed by atoms with Gasteiger partial charge in [0.05, 0.1) is 22.9 Å². The van der Waals surface area contributed by atoms with Crippen LogP contribution in [0.1, 0.15) is 15.9 Å². The van der Waals surface area contributed by atoms with Gasteiger partial charge in [0.1, 0.15) is 0 Å². The number of nitrogens with zero attached hydrogens (tertiary/aromatic N) is 3. The fourth-order valence-electron chi connectivity index (χ4n) is 2.65. The third-order valence-corrected chi connectivity index (χ3v) is 3.91. The van der Waals surface area contributed by atoms with Gasteiger partial charge in [0.25, 0.3) is 0 Å². The van der Waals surface area contributed by atoms with E-state index in [1.165, 1.54) is 0 Å². The Morgan fingerprint density at radius 1 is 0.880 bits per heavy atom. The molecule has 5 nitrogen and oxygen atoms in total. The molecule has 2 aromatic heterocycles. The summed E-state index contributed by atoms with van der Waals surface area (Å²) in [6.45, 7) is 0. The van der Waals surface area contributed by atoms with E-state index in [1.54, 1.807) is 61.1 Å². The molecule has 0 aliphatic rings. The monoisotopic (exact) mass is 326 g/mol. The molecule has 2 aromatic carbocycles. The molecule has 5 heteroatoms. The number of anilines is 1. The average Bonchev–Trinajstić information content (AvgIpc) is 2.67. The molecule has 4 rings (SSSR count). The Morgan fingerprint density at radius 3 is 2.56 bits per heavy atom. The molecule has 0 aliphatic heterocycles. The summed E-state index contributed by atoms with van der Waals surface area (Å²) >= 11 is 0. The van der Waals surface area contributed by atoms with Crippen molar-refractivity contribution >= 4 is 22.5 Å². The van der Waals surface area contributed by atoms with Gasteiger partial charge in [-0.1, -0.05) is 12.1 Å². The molecule has 120 valence electrons. The molecule has 0 aliphatic carbocycles. The predicted molar refractivity (Wildman–Crippen MR) is 97.1 cm³/mol. The minimum atomic E-state index is -0.0946. The molecular formula is C20H14N4O. The van der Waals surface area contributed by atoms with Crippen LogP contribution in [0.5, 0.6) is 0 Å². The number of benzene rings is 2. The van der Waals surface area contributed by atoms with E-state index in [0.717, 1.165) is 11.1 Å². The van der Waals surface area contributed by atoms with Crippen LogP contribution in [0.15, 0.2) is 73.2 Å². The van der Waals surface area contributed by atoms with Crippen LogP contribution < -0.4 is 5.73 Å². The molecule has 0 radical (unpaired) electrons. The maximum atomic E-state index is 12.7. The van der Waals surface area contributed by atoms with Gasteiger partial charge in [-0.05, 0) is 42.5 Å². The van der Waals surface area contributed by atoms with Gasteiger partial charge in [0.15, 0.2) is 5.78 Å². The lowest BCUT2D eigenvalue weighted by Gasteiger charge is -2.05. The molecule has 4 aromatic rings. The Kier molecular flexibility index (Phi) is 3.67. The summed E-state index contributed by atoms with van der Waals surface area (Å²) < 4.78 is 0. The van der Waals surface area contributed by atoms with Crippen molar-refractivity contribution in [3.05, 3.63) is 84.3 Å². The van der Waals surface area contributed by atoms with Crippen LogP contribution in [0.25, 0.3) is 22.3 Å². The highest BCUT2D eigenvalue weighted by atomic mass is 16.1. The molecule has 0 saturated carbocycles. The smallest absolute Gasteiger partial charge is 0.193 e. The van der Waals surface area contributed by atoms with Gasteiger partial charge in [-0.15, -0.1) is 0 Å². The molecule has 0 fully saturated rings. The maximum absolute atomic E-state index is 12.7. The zero-order chi connectivity index (χ0) is 17.2. The number of nitrogen functional groups attached to an aromatic ring is 1. The summed E-state index contributed by atoms with van der Waals surface area (Å²) in [5.41, 5.74) is 10.4. The number of nitrogens with two attached hydrogens (primary N) is 1. The lowest BCUT2D eigenvalue weighted by Crippen LogP contribution is -2.02. The third-order valence-electron chi connectivity index (χ3n) is 3.91. The van der Waals surface area contributed by atoms with Crippen molar-refractivity contribution in [2.75, 3.05) is 5.73 Å². The van der Waals surface area contributed by atoms with E-state index < -0.39 is 0 Å². The van der Waals surface area contributed by atoms with E-state index in [-0.39, 0.29) is 5.78 Å². The number of aromatic nitrogens is 3. The Morgan fingerprint density at radius 2 is 1.76 bits per heavy atom. The Hall–Kier alpha value is -3.60. The van der Waals surface area contributed by atoms with Crippen molar-refractivity contribution in [2.45, 2.75) is 0 Å². The number of rotatable bonds is 3. The van der Waals surface area contributed by atoms with Crippen LogP contribution in [0.3, 0.4) is 0 Å². The van der Waals surface area contributed by atoms with Crippen molar-refractivity contribution < 1.29 is 4.79 Å². The first-order valence-electron chi connectivity index (χ1n) is 7.78. The lowest BCUT2D eigenvalue weighted by atomic mass is 10.0. The van der Waals surface area contributed by atoms with Gasteiger partial charge in [-0.3, -0.25) is 14.8 Å². The lowest BCUT2D eigenvalue weighted by molar-refractivity contribution is 0.103. The Labute approximate surface area is 144 Å². The Balaban J connectivity index is 1.77. The SMILES string of the molecule is Nc1cccc(C(=O)c2ccc3ncc(-c4cccnc4)nc3c2)c1. The number of ketones is 1. The van der Waals surface area contributed by atoms with Gasteiger partial charge in [-0.25, -0.2) is 4.98 Å². The first kappa shape index (κ1) is 15.0. The molecular weight excluding hydrogens is 312 g/mol. The molecule has 2 heterocycles.